The van der Waals surface area contributed by atoms with Crippen LogP contribution in [0.2, 0.25) is 0 Å². The topological polar surface area (TPSA) is 52.7 Å². The SMILES string of the molecule is C=C(c1cc(Br)ccc1NC(=O)CCC(=O)N(C)C)N1CC(C)CC(CC)C1. The van der Waals surface area contributed by atoms with E-state index in [1.54, 1.807) is 14.1 Å². The Bertz CT molecular complexity index is 732. The van der Waals surface area contributed by atoms with Gasteiger partial charge in [-0.3, -0.25) is 9.59 Å². The molecule has 1 aromatic rings. The first kappa shape index (κ1) is 22.5. The number of amides is 2. The highest BCUT2D eigenvalue weighted by atomic mass is 79.9. The van der Waals surface area contributed by atoms with Crippen LogP contribution in [-0.2, 0) is 9.59 Å². The zero-order chi connectivity index (χ0) is 20.8. The maximum Gasteiger partial charge on any atom is 0.224 e. The molecule has 5 nitrogen and oxygen atoms in total. The number of nitrogens with one attached hydrogen (secondary N) is 1. The molecule has 2 atom stereocenters. The molecule has 2 amide bonds. The summed E-state index contributed by atoms with van der Waals surface area (Å²) >= 11 is 3.54. The summed E-state index contributed by atoms with van der Waals surface area (Å²) in [5, 5.41) is 2.97. The molecule has 154 valence electrons. The van der Waals surface area contributed by atoms with E-state index in [9.17, 15) is 9.59 Å². The number of anilines is 1. The minimum Gasteiger partial charge on any atom is -0.371 e. The molecular weight excluding hydrogens is 418 g/mol. The number of carbonyl (C=O) groups is 2. The second kappa shape index (κ2) is 10.1. The average Bonchev–Trinajstić information content (AvgIpc) is 2.66. The summed E-state index contributed by atoms with van der Waals surface area (Å²) in [6.45, 7) is 10.9. The molecule has 28 heavy (non-hydrogen) atoms. The maximum atomic E-state index is 12.4. The Balaban J connectivity index is 2.14. The zero-order valence-electron chi connectivity index (χ0n) is 17.4. The van der Waals surface area contributed by atoms with Gasteiger partial charge in [-0.1, -0.05) is 42.8 Å². The molecule has 1 N–H and O–H groups in total. The molecule has 0 aromatic heterocycles. The molecule has 1 aliphatic rings. The van der Waals surface area contributed by atoms with Crippen molar-refractivity contribution in [3.8, 4) is 0 Å². The Morgan fingerprint density at radius 2 is 2.00 bits per heavy atom. The van der Waals surface area contributed by atoms with Gasteiger partial charge in [0.25, 0.3) is 0 Å². The molecule has 2 rings (SSSR count). The van der Waals surface area contributed by atoms with E-state index in [0.29, 0.717) is 11.8 Å². The van der Waals surface area contributed by atoms with Gasteiger partial charge in [-0.2, -0.15) is 0 Å². The third-order valence-electron chi connectivity index (χ3n) is 5.34. The monoisotopic (exact) mass is 449 g/mol. The van der Waals surface area contributed by atoms with Gasteiger partial charge < -0.3 is 15.1 Å². The van der Waals surface area contributed by atoms with E-state index in [0.717, 1.165) is 40.9 Å². The smallest absolute Gasteiger partial charge is 0.224 e. The molecule has 0 saturated carbocycles. The van der Waals surface area contributed by atoms with Crippen molar-refractivity contribution in [1.82, 2.24) is 9.80 Å². The third kappa shape index (κ3) is 6.09. The highest BCUT2D eigenvalue weighted by Crippen LogP contribution is 2.33. The van der Waals surface area contributed by atoms with Crippen LogP contribution in [0.25, 0.3) is 5.70 Å². The van der Waals surface area contributed by atoms with Crippen molar-refractivity contribution in [2.75, 3.05) is 32.5 Å². The van der Waals surface area contributed by atoms with E-state index in [4.69, 9.17) is 0 Å². The van der Waals surface area contributed by atoms with E-state index in [-0.39, 0.29) is 24.7 Å². The molecule has 1 aliphatic heterocycles. The van der Waals surface area contributed by atoms with Gasteiger partial charge in [0.15, 0.2) is 0 Å². The lowest BCUT2D eigenvalue weighted by Gasteiger charge is -2.39. The molecule has 1 fully saturated rings. The molecule has 1 aromatic carbocycles. The number of piperidine rings is 1. The van der Waals surface area contributed by atoms with Crippen LogP contribution < -0.4 is 5.32 Å². The average molecular weight is 450 g/mol. The fourth-order valence-corrected chi connectivity index (χ4v) is 4.05. The number of halogens is 1. The van der Waals surface area contributed by atoms with E-state index < -0.39 is 0 Å². The number of rotatable bonds is 7. The Morgan fingerprint density at radius 3 is 2.64 bits per heavy atom. The van der Waals surface area contributed by atoms with Gasteiger partial charge in [0.2, 0.25) is 11.8 Å². The largest absolute Gasteiger partial charge is 0.371 e. The van der Waals surface area contributed by atoms with Crippen LogP contribution in [0.4, 0.5) is 5.69 Å². The number of nitrogens with zero attached hydrogens (tertiary/aromatic N) is 2. The Kier molecular flexibility index (Phi) is 8.10. The van der Waals surface area contributed by atoms with E-state index in [2.05, 4.69) is 46.6 Å². The first-order valence-electron chi connectivity index (χ1n) is 9.95. The lowest BCUT2D eigenvalue weighted by Crippen LogP contribution is -2.38. The predicted molar refractivity (Wildman–Crippen MR) is 119 cm³/mol. The normalized spacial score (nSPS) is 19.2. The fourth-order valence-electron chi connectivity index (χ4n) is 3.69. The van der Waals surface area contributed by atoms with Crippen LogP contribution in [0.5, 0.6) is 0 Å². The first-order valence-corrected chi connectivity index (χ1v) is 10.7. The number of likely N-dealkylation sites (tertiary alicyclic amines) is 1. The number of hydrogen-bond donors (Lipinski definition) is 1. The summed E-state index contributed by atoms with van der Waals surface area (Å²) in [5.41, 5.74) is 2.60. The molecule has 0 bridgehead atoms. The Labute approximate surface area is 177 Å². The molecule has 2 unspecified atom stereocenters. The van der Waals surface area contributed by atoms with Crippen molar-refractivity contribution in [3.63, 3.8) is 0 Å². The molecule has 1 heterocycles. The van der Waals surface area contributed by atoms with Gasteiger partial charge in [-0.25, -0.2) is 0 Å². The summed E-state index contributed by atoms with van der Waals surface area (Å²) in [4.78, 5) is 28.0. The molecule has 6 heteroatoms. The molecule has 0 spiro atoms. The summed E-state index contributed by atoms with van der Waals surface area (Å²) < 4.78 is 0.946. The lowest BCUT2D eigenvalue weighted by atomic mass is 9.88. The van der Waals surface area contributed by atoms with E-state index >= 15 is 0 Å². The van der Waals surface area contributed by atoms with Crippen LogP contribution in [0, 0.1) is 11.8 Å². The van der Waals surface area contributed by atoms with Gasteiger partial charge in [0, 0.05) is 55.8 Å². The highest BCUT2D eigenvalue weighted by molar-refractivity contribution is 9.10. The van der Waals surface area contributed by atoms with Gasteiger partial charge >= 0.3 is 0 Å². The van der Waals surface area contributed by atoms with Crippen LogP contribution >= 0.6 is 15.9 Å². The summed E-state index contributed by atoms with van der Waals surface area (Å²) in [6, 6.07) is 5.80. The van der Waals surface area contributed by atoms with Crippen molar-refractivity contribution in [3.05, 3.63) is 34.8 Å². The quantitative estimate of drug-likeness (QED) is 0.661. The summed E-state index contributed by atoms with van der Waals surface area (Å²) in [5.74, 6) is 1.08. The molecule has 0 radical (unpaired) electrons. The number of benzene rings is 1. The van der Waals surface area contributed by atoms with Crippen molar-refractivity contribution < 1.29 is 9.59 Å². The Morgan fingerprint density at radius 1 is 1.29 bits per heavy atom. The van der Waals surface area contributed by atoms with Gasteiger partial charge in [-0.05, 0) is 36.5 Å². The van der Waals surface area contributed by atoms with Crippen LogP contribution in [-0.4, -0.2) is 48.8 Å². The second-order valence-electron chi connectivity index (χ2n) is 7.99. The van der Waals surface area contributed by atoms with E-state index in [1.807, 2.05) is 18.2 Å². The minimum atomic E-state index is -0.162. The van der Waals surface area contributed by atoms with Gasteiger partial charge in [0.1, 0.15) is 0 Å². The number of hydrogen-bond acceptors (Lipinski definition) is 3. The van der Waals surface area contributed by atoms with Crippen LogP contribution in [0.1, 0.15) is 45.1 Å². The van der Waals surface area contributed by atoms with E-state index in [1.165, 1.54) is 11.3 Å². The van der Waals surface area contributed by atoms with Crippen molar-refractivity contribution in [2.45, 2.75) is 39.5 Å². The minimum absolute atomic E-state index is 0.0523. The van der Waals surface area contributed by atoms with Gasteiger partial charge in [0.05, 0.1) is 5.69 Å². The van der Waals surface area contributed by atoms with Crippen molar-refractivity contribution in [2.24, 2.45) is 11.8 Å². The lowest BCUT2D eigenvalue weighted by molar-refractivity contribution is -0.130. The predicted octanol–water partition coefficient (Wildman–Crippen LogP) is 4.59. The van der Waals surface area contributed by atoms with Crippen molar-refractivity contribution >= 4 is 39.1 Å². The van der Waals surface area contributed by atoms with Crippen molar-refractivity contribution in [1.29, 1.82) is 0 Å². The fraction of sp³-hybridized carbons (Fsp3) is 0.545. The standard InChI is InChI=1S/C22H32BrN3O2/c1-6-17-11-15(2)13-26(14-17)16(3)19-12-18(23)7-8-20(19)24-21(27)9-10-22(28)25(4)5/h7-8,12,15,17H,3,6,9-11,13-14H2,1-2,4-5H3,(H,24,27). The third-order valence-corrected chi connectivity index (χ3v) is 5.83. The summed E-state index contributed by atoms with van der Waals surface area (Å²) in [7, 11) is 3.39. The Hall–Kier alpha value is -1.82. The van der Waals surface area contributed by atoms with Crippen LogP contribution in [0.15, 0.2) is 29.3 Å². The zero-order valence-corrected chi connectivity index (χ0v) is 19.0. The number of carbonyl (C=O) groups excluding carboxylic acids is 2. The molecule has 1 saturated heterocycles. The first-order chi connectivity index (χ1) is 13.2. The second-order valence-corrected chi connectivity index (χ2v) is 8.91. The molecule has 0 aliphatic carbocycles. The van der Waals surface area contributed by atoms with Crippen LogP contribution in [0.3, 0.4) is 0 Å². The highest BCUT2D eigenvalue weighted by Gasteiger charge is 2.26. The summed E-state index contributed by atoms with van der Waals surface area (Å²) in [6.07, 6.45) is 2.78. The van der Waals surface area contributed by atoms with Gasteiger partial charge in [-0.15, -0.1) is 0 Å². The maximum absolute atomic E-state index is 12.4. The molecular formula is C22H32BrN3O2.